The fourth-order valence-corrected chi connectivity index (χ4v) is 2.68. The summed E-state index contributed by atoms with van der Waals surface area (Å²) >= 11 is 0. The maximum absolute atomic E-state index is 11.6. The second-order valence-corrected chi connectivity index (χ2v) is 6.52. The Labute approximate surface area is 112 Å². The van der Waals surface area contributed by atoms with Crippen LogP contribution in [0.4, 0.5) is 11.4 Å². The van der Waals surface area contributed by atoms with Gasteiger partial charge in [0, 0.05) is 6.54 Å². The second-order valence-electron chi connectivity index (χ2n) is 3.73. The van der Waals surface area contributed by atoms with Gasteiger partial charge >= 0.3 is 0 Å². The summed E-state index contributed by atoms with van der Waals surface area (Å²) in [6.07, 6.45) is 0.661. The second kappa shape index (κ2) is 6.19. The number of anilines is 2. The molecular formula is C9H16N4O4S2. The van der Waals surface area contributed by atoms with Gasteiger partial charge in [0.2, 0.25) is 0 Å². The maximum atomic E-state index is 11.6. The van der Waals surface area contributed by atoms with Gasteiger partial charge in [0.25, 0.3) is 20.4 Å². The van der Waals surface area contributed by atoms with E-state index in [1.54, 1.807) is 0 Å². The molecule has 8 nitrogen and oxygen atoms in total. The molecule has 0 aliphatic carbocycles. The topological polar surface area (TPSA) is 130 Å². The van der Waals surface area contributed by atoms with Crippen LogP contribution in [0.1, 0.15) is 13.3 Å². The molecule has 1 aromatic rings. The fraction of sp³-hybridized carbons (Fsp3) is 0.333. The third-order valence-corrected chi connectivity index (χ3v) is 3.53. The monoisotopic (exact) mass is 308 g/mol. The van der Waals surface area contributed by atoms with E-state index in [4.69, 9.17) is 5.14 Å². The molecule has 1 aromatic carbocycles. The van der Waals surface area contributed by atoms with Crippen molar-refractivity contribution in [1.82, 2.24) is 4.72 Å². The van der Waals surface area contributed by atoms with Crippen LogP contribution >= 0.6 is 0 Å². The van der Waals surface area contributed by atoms with E-state index in [1.807, 2.05) is 11.6 Å². The summed E-state index contributed by atoms with van der Waals surface area (Å²) < 4.78 is 51.5. The Bertz CT molecular complexity index is 627. The summed E-state index contributed by atoms with van der Waals surface area (Å²) in [4.78, 5) is 0. The highest BCUT2D eigenvalue weighted by molar-refractivity contribution is 7.91. The highest BCUT2D eigenvalue weighted by atomic mass is 32.2. The van der Waals surface area contributed by atoms with E-state index in [0.29, 0.717) is 13.0 Å². The molecule has 10 heteroatoms. The Hall–Kier alpha value is -1.36. The number of nitrogens with two attached hydrogens (primary N) is 1. The molecule has 0 aliphatic heterocycles. The molecule has 0 unspecified atom stereocenters. The summed E-state index contributed by atoms with van der Waals surface area (Å²) in [7, 11) is -7.56. The molecule has 0 heterocycles. The molecule has 0 fully saturated rings. The van der Waals surface area contributed by atoms with Crippen molar-refractivity contribution in [2.45, 2.75) is 13.3 Å². The van der Waals surface area contributed by atoms with Gasteiger partial charge in [0.15, 0.2) is 0 Å². The van der Waals surface area contributed by atoms with Crippen LogP contribution < -0.4 is 19.3 Å². The Morgan fingerprint density at radius 2 is 1.68 bits per heavy atom. The summed E-state index contributed by atoms with van der Waals surface area (Å²) in [6, 6.07) is 5.74. The molecule has 0 saturated carbocycles. The average Bonchev–Trinajstić information content (AvgIpc) is 2.24. The molecule has 0 aromatic heterocycles. The smallest absolute Gasteiger partial charge is 0.271 e. The molecule has 0 radical (unpaired) electrons. The molecule has 0 spiro atoms. The van der Waals surface area contributed by atoms with E-state index in [1.165, 1.54) is 24.3 Å². The van der Waals surface area contributed by atoms with Crippen LogP contribution in [0.15, 0.2) is 24.3 Å². The van der Waals surface area contributed by atoms with Crippen molar-refractivity contribution in [1.29, 1.82) is 0 Å². The molecule has 5 N–H and O–H groups in total. The Morgan fingerprint density at radius 3 is 2.21 bits per heavy atom. The zero-order chi connectivity index (χ0) is 14.5. The highest BCUT2D eigenvalue weighted by Crippen LogP contribution is 2.16. The van der Waals surface area contributed by atoms with Gasteiger partial charge < -0.3 is 0 Å². The van der Waals surface area contributed by atoms with E-state index in [-0.39, 0.29) is 11.4 Å². The predicted molar refractivity (Wildman–Crippen MR) is 74.0 cm³/mol. The molecule has 108 valence electrons. The lowest BCUT2D eigenvalue weighted by molar-refractivity contribution is 0.586. The number of hydrogen-bond donors (Lipinski definition) is 4. The minimum atomic E-state index is -3.89. The van der Waals surface area contributed by atoms with Crippen LogP contribution in [-0.4, -0.2) is 23.4 Å². The Balaban J connectivity index is 2.83. The van der Waals surface area contributed by atoms with E-state index in [0.717, 1.165) is 0 Å². The van der Waals surface area contributed by atoms with E-state index in [2.05, 4.69) is 9.44 Å². The van der Waals surface area contributed by atoms with Crippen molar-refractivity contribution >= 4 is 31.8 Å². The number of rotatable bonds is 7. The van der Waals surface area contributed by atoms with Gasteiger partial charge in [-0.3, -0.25) is 9.44 Å². The van der Waals surface area contributed by atoms with Crippen LogP contribution in [0, 0.1) is 0 Å². The van der Waals surface area contributed by atoms with Gasteiger partial charge in [0.05, 0.1) is 11.4 Å². The van der Waals surface area contributed by atoms with Gasteiger partial charge in [-0.2, -0.15) is 21.6 Å². The lowest BCUT2D eigenvalue weighted by Gasteiger charge is -2.10. The van der Waals surface area contributed by atoms with Gasteiger partial charge in [-0.05, 0) is 24.6 Å². The quantitative estimate of drug-likeness (QED) is 0.563. The summed E-state index contributed by atoms with van der Waals surface area (Å²) in [6.45, 7) is 2.14. The highest BCUT2D eigenvalue weighted by Gasteiger charge is 2.09. The molecule has 0 aliphatic rings. The molecule has 0 bridgehead atoms. The summed E-state index contributed by atoms with van der Waals surface area (Å²) in [5.41, 5.74) is 0.385. The number of benzene rings is 1. The van der Waals surface area contributed by atoms with Crippen LogP contribution in [0.2, 0.25) is 0 Å². The van der Waals surface area contributed by atoms with Gasteiger partial charge in [-0.1, -0.05) is 13.0 Å². The van der Waals surface area contributed by atoms with Crippen molar-refractivity contribution in [2.24, 2.45) is 5.14 Å². The maximum Gasteiger partial charge on any atom is 0.299 e. The third-order valence-electron chi connectivity index (χ3n) is 1.92. The van der Waals surface area contributed by atoms with E-state index < -0.39 is 20.4 Å². The Morgan fingerprint density at radius 1 is 1.11 bits per heavy atom. The standard InChI is InChI=1S/C9H16N4O4S2/c1-2-6-11-19(16,17)13-9-5-3-4-8(7-9)12-18(10,14)15/h3-5,7,11-13H,2,6H2,1H3,(H2,10,14,15). The van der Waals surface area contributed by atoms with E-state index in [9.17, 15) is 16.8 Å². The molecular weight excluding hydrogens is 292 g/mol. The molecule has 0 amide bonds. The largest absolute Gasteiger partial charge is 0.299 e. The molecule has 19 heavy (non-hydrogen) atoms. The SMILES string of the molecule is CCCNS(=O)(=O)Nc1cccc(NS(N)(=O)=O)c1. The molecule has 0 atom stereocenters. The normalized spacial score (nSPS) is 12.1. The van der Waals surface area contributed by atoms with Crippen LogP contribution in [0.5, 0.6) is 0 Å². The minimum absolute atomic E-state index is 0.165. The summed E-state index contributed by atoms with van der Waals surface area (Å²) in [5.74, 6) is 0. The van der Waals surface area contributed by atoms with Crippen molar-refractivity contribution in [3.05, 3.63) is 24.3 Å². The van der Waals surface area contributed by atoms with Gasteiger partial charge in [-0.25, -0.2) is 5.14 Å². The third kappa shape index (κ3) is 6.38. The Kier molecular flexibility index (Phi) is 5.11. The fourth-order valence-electron chi connectivity index (χ4n) is 1.24. The average molecular weight is 308 g/mol. The van der Waals surface area contributed by atoms with Crippen molar-refractivity contribution in [3.63, 3.8) is 0 Å². The first-order valence-corrected chi connectivity index (χ1v) is 8.43. The molecule has 1 rings (SSSR count). The van der Waals surface area contributed by atoms with Crippen LogP contribution in [0.3, 0.4) is 0 Å². The van der Waals surface area contributed by atoms with Crippen molar-refractivity contribution < 1.29 is 16.8 Å². The lowest BCUT2D eigenvalue weighted by atomic mass is 10.3. The number of hydrogen-bond acceptors (Lipinski definition) is 4. The predicted octanol–water partition coefficient (Wildman–Crippen LogP) is -0.0417. The first-order valence-electron chi connectivity index (χ1n) is 5.40. The summed E-state index contributed by atoms with van der Waals surface area (Å²) in [5, 5.41) is 4.82. The van der Waals surface area contributed by atoms with Crippen molar-refractivity contribution in [2.75, 3.05) is 16.0 Å². The van der Waals surface area contributed by atoms with Crippen LogP contribution in [0.25, 0.3) is 0 Å². The zero-order valence-electron chi connectivity index (χ0n) is 10.3. The molecule has 0 saturated heterocycles. The van der Waals surface area contributed by atoms with Gasteiger partial charge in [0.1, 0.15) is 0 Å². The first kappa shape index (κ1) is 15.7. The minimum Gasteiger partial charge on any atom is -0.271 e. The van der Waals surface area contributed by atoms with Crippen LogP contribution in [-0.2, 0) is 20.4 Å². The number of nitrogens with one attached hydrogen (secondary N) is 3. The lowest BCUT2D eigenvalue weighted by Crippen LogP contribution is -2.30. The van der Waals surface area contributed by atoms with Crippen molar-refractivity contribution in [3.8, 4) is 0 Å². The zero-order valence-corrected chi connectivity index (χ0v) is 11.9. The first-order chi connectivity index (χ1) is 8.72. The van der Waals surface area contributed by atoms with E-state index >= 15 is 0 Å². The van der Waals surface area contributed by atoms with Gasteiger partial charge in [-0.15, -0.1) is 0 Å².